The second-order valence-electron chi connectivity index (χ2n) is 7.57. The molecule has 1 unspecified atom stereocenters. The van der Waals surface area contributed by atoms with Crippen LogP contribution in [0.2, 0.25) is 0 Å². The zero-order valence-corrected chi connectivity index (χ0v) is 17.2. The number of carbonyl (C=O) groups is 1. The molecular weight excluding hydrogens is 399 g/mol. The van der Waals surface area contributed by atoms with Crippen molar-refractivity contribution in [3.8, 4) is 0 Å². The number of piperidine rings is 1. The van der Waals surface area contributed by atoms with Crippen LogP contribution in [0, 0.1) is 11.7 Å². The summed E-state index contributed by atoms with van der Waals surface area (Å²) in [4.78, 5) is 31.5. The van der Waals surface area contributed by atoms with E-state index in [0.29, 0.717) is 18.8 Å². The van der Waals surface area contributed by atoms with Gasteiger partial charge in [-0.1, -0.05) is 0 Å². The smallest absolute Gasteiger partial charge is 0.233 e. The van der Waals surface area contributed by atoms with Crippen molar-refractivity contribution in [1.82, 2.24) is 14.9 Å². The van der Waals surface area contributed by atoms with Gasteiger partial charge in [0.1, 0.15) is 17.6 Å². The van der Waals surface area contributed by atoms with Crippen LogP contribution in [0.1, 0.15) is 18.5 Å². The van der Waals surface area contributed by atoms with Crippen LogP contribution in [-0.4, -0.2) is 58.0 Å². The molecule has 1 saturated heterocycles. The number of aliphatic imine (C=N–C) groups is 2. The number of halogens is 1. The number of primary amides is 1. The molecule has 1 amide bonds. The van der Waals surface area contributed by atoms with Crippen molar-refractivity contribution >= 4 is 23.6 Å². The van der Waals surface area contributed by atoms with Gasteiger partial charge >= 0.3 is 0 Å². The lowest BCUT2D eigenvalue weighted by atomic mass is 9.88. The highest BCUT2D eigenvalue weighted by Crippen LogP contribution is 2.26. The van der Waals surface area contributed by atoms with Crippen LogP contribution in [0.15, 0.2) is 52.8 Å². The summed E-state index contributed by atoms with van der Waals surface area (Å²) in [5, 5.41) is 0. The number of nitrogens with zero attached hydrogens (tertiary/aromatic N) is 5. The number of benzene rings is 1. The molecule has 1 fully saturated rings. The molecule has 1 aliphatic rings. The Morgan fingerprint density at radius 2 is 1.94 bits per heavy atom. The highest BCUT2D eigenvalue weighted by Gasteiger charge is 2.33. The van der Waals surface area contributed by atoms with Crippen LogP contribution in [0.3, 0.4) is 0 Å². The maximum Gasteiger partial charge on any atom is 0.233 e. The quantitative estimate of drug-likeness (QED) is 0.419. The van der Waals surface area contributed by atoms with Crippen molar-refractivity contribution in [2.75, 3.05) is 19.6 Å². The number of likely N-dealkylation sites (tertiary alicyclic amines) is 1. The minimum atomic E-state index is -0.980. The summed E-state index contributed by atoms with van der Waals surface area (Å²) in [7, 11) is 0. The molecule has 31 heavy (non-hydrogen) atoms. The number of nitrogens with two attached hydrogens (primary N) is 3. The monoisotopic (exact) mass is 426 g/mol. The molecule has 0 aliphatic carbocycles. The van der Waals surface area contributed by atoms with Gasteiger partial charge in [-0.2, -0.15) is 0 Å². The molecule has 10 heteroatoms. The molecule has 0 radical (unpaired) electrons. The van der Waals surface area contributed by atoms with Crippen molar-refractivity contribution in [3.63, 3.8) is 0 Å². The van der Waals surface area contributed by atoms with E-state index in [-0.39, 0.29) is 11.7 Å². The fourth-order valence-corrected chi connectivity index (χ4v) is 3.42. The van der Waals surface area contributed by atoms with Crippen LogP contribution in [0.5, 0.6) is 0 Å². The topological polar surface area (TPSA) is 149 Å². The fraction of sp³-hybridized carbons (Fsp3) is 0.381. The van der Waals surface area contributed by atoms with E-state index in [1.807, 2.05) is 0 Å². The number of hydrogen-bond acceptors (Lipinski definition) is 7. The van der Waals surface area contributed by atoms with Crippen molar-refractivity contribution in [2.24, 2.45) is 33.1 Å². The Morgan fingerprint density at radius 3 is 2.52 bits per heavy atom. The first-order valence-electron chi connectivity index (χ1n) is 10.0. The number of rotatable bonds is 8. The molecular formula is C21H27FN8O. The van der Waals surface area contributed by atoms with E-state index in [4.69, 9.17) is 17.2 Å². The molecule has 1 aromatic carbocycles. The highest BCUT2D eigenvalue weighted by molar-refractivity contribution is 6.14. The normalized spacial score (nSPS) is 18.2. The third kappa shape index (κ3) is 6.12. The van der Waals surface area contributed by atoms with E-state index in [1.54, 1.807) is 18.6 Å². The number of amides is 1. The molecule has 0 bridgehead atoms. The lowest BCUT2D eigenvalue weighted by Gasteiger charge is -2.38. The Bertz CT molecular complexity index is 924. The van der Waals surface area contributed by atoms with Gasteiger partial charge in [0.15, 0.2) is 0 Å². The van der Waals surface area contributed by atoms with E-state index < -0.39 is 17.4 Å². The van der Waals surface area contributed by atoms with Gasteiger partial charge in [0.05, 0.1) is 16.9 Å². The first-order valence-corrected chi connectivity index (χ1v) is 10.0. The van der Waals surface area contributed by atoms with Gasteiger partial charge in [0, 0.05) is 51.0 Å². The van der Waals surface area contributed by atoms with Crippen molar-refractivity contribution < 1.29 is 9.18 Å². The zero-order valence-electron chi connectivity index (χ0n) is 17.2. The van der Waals surface area contributed by atoms with E-state index >= 15 is 0 Å². The predicted molar refractivity (Wildman–Crippen MR) is 117 cm³/mol. The van der Waals surface area contributed by atoms with Gasteiger partial charge in [-0.05, 0) is 37.1 Å². The minimum absolute atomic E-state index is 0.00452. The highest BCUT2D eigenvalue weighted by atomic mass is 19.1. The molecule has 164 valence electrons. The van der Waals surface area contributed by atoms with Crippen LogP contribution in [-0.2, 0) is 11.3 Å². The first-order chi connectivity index (χ1) is 14.9. The Hall–Kier alpha value is -3.24. The second-order valence-corrected chi connectivity index (χ2v) is 7.57. The maximum absolute atomic E-state index is 13.1. The standard InChI is InChI=1S/C21H27FN8O/c22-15-1-3-16(4-2-15)29-19(24)18(20(25)31)12-28-21(14-23)5-9-30(10-6-21)13-17-11-26-7-8-27-17/h1-4,7-8,11-12,18H,5-6,9-10,13-14,23H2,(H2,24,29)(H2,25,31). The summed E-state index contributed by atoms with van der Waals surface area (Å²) in [6.45, 7) is 2.61. The number of carbonyl (C=O) groups excluding carboxylic acids is 1. The largest absolute Gasteiger partial charge is 0.386 e. The van der Waals surface area contributed by atoms with Gasteiger partial charge in [-0.25, -0.2) is 9.38 Å². The summed E-state index contributed by atoms with van der Waals surface area (Å²) in [6.07, 6.45) is 7.96. The molecule has 0 saturated carbocycles. The Labute approximate surface area is 180 Å². The summed E-state index contributed by atoms with van der Waals surface area (Å²) in [5.74, 6) is -2.04. The molecule has 2 aromatic rings. The molecule has 1 aromatic heterocycles. The van der Waals surface area contributed by atoms with Crippen LogP contribution < -0.4 is 17.2 Å². The van der Waals surface area contributed by atoms with Crippen LogP contribution in [0.4, 0.5) is 10.1 Å². The molecule has 3 rings (SSSR count). The third-order valence-electron chi connectivity index (χ3n) is 5.38. The molecule has 9 nitrogen and oxygen atoms in total. The van der Waals surface area contributed by atoms with Gasteiger partial charge in [0.25, 0.3) is 0 Å². The number of amidine groups is 1. The van der Waals surface area contributed by atoms with E-state index in [0.717, 1.165) is 31.6 Å². The molecule has 1 atom stereocenters. The molecule has 6 N–H and O–H groups in total. The Morgan fingerprint density at radius 1 is 1.23 bits per heavy atom. The summed E-state index contributed by atoms with van der Waals surface area (Å²) in [6, 6.07) is 5.45. The van der Waals surface area contributed by atoms with Crippen molar-refractivity contribution in [2.45, 2.75) is 24.9 Å². The van der Waals surface area contributed by atoms with Crippen molar-refractivity contribution in [3.05, 3.63) is 54.4 Å². The van der Waals surface area contributed by atoms with E-state index in [9.17, 15) is 9.18 Å². The summed E-state index contributed by atoms with van der Waals surface area (Å²) in [5.41, 5.74) is 18.4. The molecule has 1 aliphatic heterocycles. The average molecular weight is 427 g/mol. The third-order valence-corrected chi connectivity index (χ3v) is 5.38. The predicted octanol–water partition coefficient (Wildman–Crippen LogP) is 0.770. The summed E-state index contributed by atoms with van der Waals surface area (Å²) >= 11 is 0. The minimum Gasteiger partial charge on any atom is -0.386 e. The van der Waals surface area contributed by atoms with E-state index in [2.05, 4.69) is 24.9 Å². The SMILES string of the molecule is NCC1(N=CC(C(N)=O)C(N)=Nc2ccc(F)cc2)CCN(Cc2cnccn2)CC1. The van der Waals surface area contributed by atoms with Crippen LogP contribution >= 0.6 is 0 Å². The first kappa shape index (κ1) is 22.4. The Kier molecular flexibility index (Phi) is 7.37. The number of aromatic nitrogens is 2. The van der Waals surface area contributed by atoms with Gasteiger partial charge < -0.3 is 17.2 Å². The van der Waals surface area contributed by atoms with Gasteiger partial charge in [-0.3, -0.25) is 24.7 Å². The fourth-order valence-electron chi connectivity index (χ4n) is 3.42. The average Bonchev–Trinajstić information content (AvgIpc) is 2.77. The summed E-state index contributed by atoms with van der Waals surface area (Å²) < 4.78 is 13.1. The maximum atomic E-state index is 13.1. The second kappa shape index (κ2) is 10.2. The van der Waals surface area contributed by atoms with Crippen LogP contribution in [0.25, 0.3) is 0 Å². The Balaban J connectivity index is 1.67. The molecule has 2 heterocycles. The van der Waals surface area contributed by atoms with Gasteiger partial charge in [-0.15, -0.1) is 0 Å². The molecule has 0 spiro atoms. The van der Waals surface area contributed by atoms with Crippen molar-refractivity contribution in [1.29, 1.82) is 0 Å². The lowest BCUT2D eigenvalue weighted by molar-refractivity contribution is -0.118. The van der Waals surface area contributed by atoms with Gasteiger partial charge in [0.2, 0.25) is 5.91 Å². The lowest BCUT2D eigenvalue weighted by Crippen LogP contribution is -2.48. The van der Waals surface area contributed by atoms with E-state index in [1.165, 1.54) is 30.5 Å². The zero-order chi connectivity index (χ0) is 22.3. The number of hydrogen-bond donors (Lipinski definition) is 3.